The van der Waals surface area contributed by atoms with Crippen LogP contribution in [0.25, 0.3) is 0 Å². The predicted octanol–water partition coefficient (Wildman–Crippen LogP) is 0.500. The van der Waals surface area contributed by atoms with Crippen molar-refractivity contribution in [3.8, 4) is 5.75 Å². The Bertz CT molecular complexity index is 376. The van der Waals surface area contributed by atoms with Crippen LogP contribution >= 0.6 is 0 Å². The van der Waals surface area contributed by atoms with Gasteiger partial charge in [0.1, 0.15) is 5.75 Å². The first-order valence-electron chi connectivity index (χ1n) is 4.44. The number of fused-ring (bicyclic) bond motifs is 1. The summed E-state index contributed by atoms with van der Waals surface area (Å²) in [6.07, 6.45) is 0. The number of nitrogens with zero attached hydrogens (tertiary/aromatic N) is 1. The van der Waals surface area contributed by atoms with Crippen molar-refractivity contribution in [2.45, 2.75) is 6.54 Å². The highest BCUT2D eigenvalue weighted by molar-refractivity contribution is 5.97. The zero-order valence-electron chi connectivity index (χ0n) is 7.99. The lowest BCUT2D eigenvalue weighted by molar-refractivity contribution is -0.120. The SMILES string of the molecule is CN1C(=O)COc2cc(CN)ccc21. The minimum Gasteiger partial charge on any atom is -0.482 e. The Hall–Kier alpha value is -1.55. The monoisotopic (exact) mass is 192 g/mol. The molecule has 2 rings (SSSR count). The molecule has 4 heteroatoms. The molecule has 14 heavy (non-hydrogen) atoms. The summed E-state index contributed by atoms with van der Waals surface area (Å²) >= 11 is 0. The molecule has 4 nitrogen and oxygen atoms in total. The molecule has 0 saturated carbocycles. The molecule has 1 aliphatic heterocycles. The molecule has 0 aliphatic carbocycles. The van der Waals surface area contributed by atoms with E-state index in [1.807, 2.05) is 18.2 Å². The van der Waals surface area contributed by atoms with Crippen molar-refractivity contribution in [3.05, 3.63) is 23.8 Å². The Morgan fingerprint density at radius 2 is 2.36 bits per heavy atom. The summed E-state index contributed by atoms with van der Waals surface area (Å²) in [6, 6.07) is 5.63. The largest absolute Gasteiger partial charge is 0.482 e. The van der Waals surface area contributed by atoms with E-state index < -0.39 is 0 Å². The molecule has 1 heterocycles. The summed E-state index contributed by atoms with van der Waals surface area (Å²) in [7, 11) is 1.74. The predicted molar refractivity (Wildman–Crippen MR) is 53.2 cm³/mol. The van der Waals surface area contributed by atoms with Crippen LogP contribution < -0.4 is 15.4 Å². The fourth-order valence-electron chi connectivity index (χ4n) is 1.45. The Morgan fingerprint density at radius 1 is 1.57 bits per heavy atom. The molecule has 0 unspecified atom stereocenters. The number of nitrogens with two attached hydrogens (primary N) is 1. The van der Waals surface area contributed by atoms with E-state index in [0.29, 0.717) is 6.54 Å². The number of hydrogen-bond acceptors (Lipinski definition) is 3. The van der Waals surface area contributed by atoms with Crippen LogP contribution in [0, 0.1) is 0 Å². The van der Waals surface area contributed by atoms with E-state index in [0.717, 1.165) is 17.0 Å². The van der Waals surface area contributed by atoms with Crippen LogP contribution in [-0.2, 0) is 11.3 Å². The number of amides is 1. The highest BCUT2D eigenvalue weighted by Gasteiger charge is 2.21. The van der Waals surface area contributed by atoms with Gasteiger partial charge in [-0.15, -0.1) is 0 Å². The lowest BCUT2D eigenvalue weighted by Crippen LogP contribution is -2.35. The minimum atomic E-state index is -0.0296. The van der Waals surface area contributed by atoms with E-state index in [4.69, 9.17) is 10.5 Å². The first kappa shape index (κ1) is 9.02. The maximum Gasteiger partial charge on any atom is 0.264 e. The molecule has 0 atom stereocenters. The van der Waals surface area contributed by atoms with Gasteiger partial charge < -0.3 is 15.4 Å². The molecule has 0 spiro atoms. The highest BCUT2D eigenvalue weighted by Crippen LogP contribution is 2.31. The van der Waals surface area contributed by atoms with Gasteiger partial charge in [-0.2, -0.15) is 0 Å². The van der Waals surface area contributed by atoms with Gasteiger partial charge in [0, 0.05) is 13.6 Å². The zero-order valence-corrected chi connectivity index (χ0v) is 7.99. The Kier molecular flexibility index (Phi) is 2.13. The summed E-state index contributed by atoms with van der Waals surface area (Å²) in [5.74, 6) is 0.702. The number of likely N-dealkylation sites (N-methyl/N-ethyl adjacent to an activating group) is 1. The molecular weight excluding hydrogens is 180 g/mol. The first-order chi connectivity index (χ1) is 6.72. The summed E-state index contributed by atoms with van der Waals surface area (Å²) in [4.78, 5) is 12.9. The van der Waals surface area contributed by atoms with Crippen LogP contribution in [0.15, 0.2) is 18.2 Å². The van der Waals surface area contributed by atoms with Gasteiger partial charge >= 0.3 is 0 Å². The van der Waals surface area contributed by atoms with E-state index in [-0.39, 0.29) is 12.5 Å². The van der Waals surface area contributed by atoms with E-state index in [9.17, 15) is 4.79 Å². The van der Waals surface area contributed by atoms with Crippen molar-refractivity contribution >= 4 is 11.6 Å². The third-order valence-corrected chi connectivity index (χ3v) is 2.35. The number of carbonyl (C=O) groups excluding carboxylic acids is 1. The second-order valence-corrected chi connectivity index (χ2v) is 3.25. The topological polar surface area (TPSA) is 55.6 Å². The minimum absolute atomic E-state index is 0.0296. The van der Waals surface area contributed by atoms with Crippen LogP contribution in [0.4, 0.5) is 5.69 Å². The summed E-state index contributed by atoms with van der Waals surface area (Å²) in [6.45, 7) is 0.589. The highest BCUT2D eigenvalue weighted by atomic mass is 16.5. The van der Waals surface area contributed by atoms with Crippen LogP contribution in [0.5, 0.6) is 5.75 Å². The standard InChI is InChI=1S/C10H12N2O2/c1-12-8-3-2-7(5-11)4-9(8)14-6-10(12)13/h2-4H,5-6,11H2,1H3. The van der Waals surface area contributed by atoms with Gasteiger partial charge in [0.25, 0.3) is 5.91 Å². The lowest BCUT2D eigenvalue weighted by atomic mass is 10.1. The molecule has 0 bridgehead atoms. The second-order valence-electron chi connectivity index (χ2n) is 3.25. The van der Waals surface area contributed by atoms with Gasteiger partial charge in [0.2, 0.25) is 0 Å². The van der Waals surface area contributed by atoms with E-state index in [1.165, 1.54) is 0 Å². The molecule has 0 radical (unpaired) electrons. The number of rotatable bonds is 1. The van der Waals surface area contributed by atoms with Crippen molar-refractivity contribution in [3.63, 3.8) is 0 Å². The quantitative estimate of drug-likeness (QED) is 0.705. The maximum atomic E-state index is 11.3. The average molecular weight is 192 g/mol. The molecule has 1 aromatic carbocycles. The maximum absolute atomic E-state index is 11.3. The number of benzene rings is 1. The Balaban J connectivity index is 2.43. The van der Waals surface area contributed by atoms with Gasteiger partial charge in [-0.25, -0.2) is 0 Å². The smallest absolute Gasteiger partial charge is 0.264 e. The second kappa shape index (κ2) is 3.31. The fraction of sp³-hybridized carbons (Fsp3) is 0.300. The van der Waals surface area contributed by atoms with Gasteiger partial charge in [-0.05, 0) is 17.7 Å². The van der Waals surface area contributed by atoms with E-state index >= 15 is 0 Å². The number of anilines is 1. The molecule has 74 valence electrons. The third-order valence-electron chi connectivity index (χ3n) is 2.35. The molecule has 0 fully saturated rings. The summed E-state index contributed by atoms with van der Waals surface area (Å²) in [5, 5.41) is 0. The molecule has 2 N–H and O–H groups in total. The number of carbonyl (C=O) groups is 1. The van der Waals surface area contributed by atoms with E-state index in [1.54, 1.807) is 11.9 Å². The molecule has 1 aliphatic rings. The van der Waals surface area contributed by atoms with Gasteiger partial charge in [0.15, 0.2) is 6.61 Å². The number of ether oxygens (including phenoxy) is 1. The van der Waals surface area contributed by atoms with Crippen LogP contribution in [-0.4, -0.2) is 19.6 Å². The normalized spacial score (nSPS) is 15.0. The number of hydrogen-bond donors (Lipinski definition) is 1. The van der Waals surface area contributed by atoms with Crippen molar-refractivity contribution in [1.29, 1.82) is 0 Å². The van der Waals surface area contributed by atoms with Crippen molar-refractivity contribution in [2.75, 3.05) is 18.6 Å². The Morgan fingerprint density at radius 3 is 3.07 bits per heavy atom. The van der Waals surface area contributed by atoms with Gasteiger partial charge in [-0.3, -0.25) is 4.79 Å². The molecule has 0 saturated heterocycles. The van der Waals surface area contributed by atoms with Gasteiger partial charge in [-0.1, -0.05) is 6.07 Å². The molecule has 0 aromatic heterocycles. The van der Waals surface area contributed by atoms with Crippen molar-refractivity contribution in [2.24, 2.45) is 5.73 Å². The van der Waals surface area contributed by atoms with E-state index in [2.05, 4.69) is 0 Å². The van der Waals surface area contributed by atoms with Crippen molar-refractivity contribution < 1.29 is 9.53 Å². The van der Waals surface area contributed by atoms with Crippen LogP contribution in [0.3, 0.4) is 0 Å². The molecule has 1 aromatic rings. The fourth-order valence-corrected chi connectivity index (χ4v) is 1.45. The third kappa shape index (κ3) is 1.33. The average Bonchev–Trinajstić information content (AvgIpc) is 2.23. The first-order valence-corrected chi connectivity index (χ1v) is 4.44. The van der Waals surface area contributed by atoms with Crippen molar-refractivity contribution in [1.82, 2.24) is 0 Å². The summed E-state index contributed by atoms with van der Waals surface area (Å²) in [5.41, 5.74) is 7.32. The Labute approximate surface area is 82.3 Å². The molecule has 1 amide bonds. The van der Waals surface area contributed by atoms with Crippen LogP contribution in [0.2, 0.25) is 0 Å². The van der Waals surface area contributed by atoms with Gasteiger partial charge in [0.05, 0.1) is 5.69 Å². The summed E-state index contributed by atoms with van der Waals surface area (Å²) < 4.78 is 5.30. The zero-order chi connectivity index (χ0) is 10.1. The van der Waals surface area contributed by atoms with Crippen LogP contribution in [0.1, 0.15) is 5.56 Å². The lowest BCUT2D eigenvalue weighted by Gasteiger charge is -2.26. The molecular formula is C10H12N2O2.